The van der Waals surface area contributed by atoms with Crippen LogP contribution in [0.15, 0.2) is 12.4 Å². The Morgan fingerprint density at radius 2 is 2.12 bits per heavy atom. The Kier molecular flexibility index (Phi) is 5.28. The molecule has 1 fully saturated rings. The van der Waals surface area contributed by atoms with Crippen LogP contribution in [-0.4, -0.2) is 42.8 Å². The fourth-order valence-electron chi connectivity index (χ4n) is 1.62. The second-order valence-electron chi connectivity index (χ2n) is 3.38. The molecule has 2 heterocycles. The van der Waals surface area contributed by atoms with E-state index < -0.39 is 0 Å². The van der Waals surface area contributed by atoms with E-state index in [2.05, 4.69) is 20.2 Å². The van der Waals surface area contributed by atoms with E-state index in [4.69, 9.17) is 4.74 Å². The van der Waals surface area contributed by atoms with Gasteiger partial charge in [0, 0.05) is 32.2 Å². The number of hydrogen-bond donors (Lipinski definition) is 1. The number of halogens is 1. The highest BCUT2D eigenvalue weighted by atomic mass is 35.5. The Bertz CT molecular complexity index is 317. The van der Waals surface area contributed by atoms with Crippen LogP contribution in [0.2, 0.25) is 0 Å². The first kappa shape index (κ1) is 13.0. The van der Waals surface area contributed by atoms with E-state index in [0.29, 0.717) is 12.5 Å². The Morgan fingerprint density at radius 3 is 2.81 bits per heavy atom. The average molecular weight is 245 g/mol. The summed E-state index contributed by atoms with van der Waals surface area (Å²) in [5.74, 6) is 1.61. The topological polar surface area (TPSA) is 50.3 Å². The van der Waals surface area contributed by atoms with E-state index in [1.807, 2.05) is 13.0 Å². The molecule has 0 radical (unpaired) electrons. The molecule has 0 unspecified atom stereocenters. The summed E-state index contributed by atoms with van der Waals surface area (Å²) in [6.45, 7) is 6.58. The lowest BCUT2D eigenvalue weighted by Crippen LogP contribution is -2.43. The summed E-state index contributed by atoms with van der Waals surface area (Å²) in [5.41, 5.74) is 0. The molecule has 5 nitrogen and oxygen atoms in total. The van der Waals surface area contributed by atoms with E-state index >= 15 is 0 Å². The molecule has 1 aliphatic rings. The van der Waals surface area contributed by atoms with Crippen LogP contribution in [0.3, 0.4) is 0 Å². The van der Waals surface area contributed by atoms with Gasteiger partial charge in [-0.05, 0) is 6.92 Å². The number of piperazine rings is 1. The van der Waals surface area contributed by atoms with Crippen molar-refractivity contribution in [2.75, 3.05) is 37.7 Å². The van der Waals surface area contributed by atoms with Gasteiger partial charge >= 0.3 is 0 Å². The molecule has 1 N–H and O–H groups in total. The molecule has 16 heavy (non-hydrogen) atoms. The van der Waals surface area contributed by atoms with Crippen molar-refractivity contribution < 1.29 is 4.74 Å². The first-order valence-corrected chi connectivity index (χ1v) is 5.30. The van der Waals surface area contributed by atoms with E-state index in [-0.39, 0.29) is 12.4 Å². The van der Waals surface area contributed by atoms with E-state index in [0.717, 1.165) is 32.0 Å². The Balaban J connectivity index is 0.00000128. The minimum absolute atomic E-state index is 0. The third-order valence-corrected chi connectivity index (χ3v) is 2.36. The van der Waals surface area contributed by atoms with Crippen LogP contribution in [-0.2, 0) is 0 Å². The van der Waals surface area contributed by atoms with E-state index in [9.17, 15) is 0 Å². The SMILES string of the molecule is CCOc1cc(N2CCNCC2)ncn1.Cl. The van der Waals surface area contributed by atoms with Crippen LogP contribution in [0.5, 0.6) is 5.88 Å². The van der Waals surface area contributed by atoms with Crippen molar-refractivity contribution in [1.29, 1.82) is 0 Å². The maximum atomic E-state index is 5.34. The second-order valence-corrected chi connectivity index (χ2v) is 3.38. The smallest absolute Gasteiger partial charge is 0.218 e. The van der Waals surface area contributed by atoms with Gasteiger partial charge in [0.05, 0.1) is 6.61 Å². The highest BCUT2D eigenvalue weighted by molar-refractivity contribution is 5.85. The minimum Gasteiger partial charge on any atom is -0.478 e. The molecular formula is C10H17ClN4O. The zero-order valence-electron chi connectivity index (χ0n) is 9.35. The number of ether oxygens (including phenoxy) is 1. The summed E-state index contributed by atoms with van der Waals surface area (Å²) >= 11 is 0. The van der Waals surface area contributed by atoms with Crippen molar-refractivity contribution in [1.82, 2.24) is 15.3 Å². The molecular weight excluding hydrogens is 228 g/mol. The van der Waals surface area contributed by atoms with Crippen molar-refractivity contribution in [3.05, 3.63) is 12.4 Å². The Hall–Kier alpha value is -1.07. The maximum absolute atomic E-state index is 5.34. The number of hydrogen-bond acceptors (Lipinski definition) is 5. The van der Waals surface area contributed by atoms with E-state index in [1.54, 1.807) is 6.33 Å². The van der Waals surface area contributed by atoms with Crippen molar-refractivity contribution in [2.45, 2.75) is 6.92 Å². The first-order valence-electron chi connectivity index (χ1n) is 5.30. The minimum atomic E-state index is 0. The molecule has 0 aromatic carbocycles. The van der Waals surface area contributed by atoms with Gasteiger partial charge in [-0.15, -0.1) is 12.4 Å². The van der Waals surface area contributed by atoms with Crippen LogP contribution >= 0.6 is 12.4 Å². The lowest BCUT2D eigenvalue weighted by atomic mass is 10.3. The molecule has 1 saturated heterocycles. The second kappa shape index (κ2) is 6.50. The molecule has 0 aliphatic carbocycles. The average Bonchev–Trinajstić information content (AvgIpc) is 2.31. The van der Waals surface area contributed by atoms with Crippen LogP contribution in [0.25, 0.3) is 0 Å². The van der Waals surface area contributed by atoms with Crippen LogP contribution in [0.4, 0.5) is 5.82 Å². The molecule has 0 bridgehead atoms. The molecule has 6 heteroatoms. The number of aromatic nitrogens is 2. The third-order valence-electron chi connectivity index (χ3n) is 2.36. The molecule has 90 valence electrons. The van der Waals surface area contributed by atoms with Gasteiger partial charge < -0.3 is 15.0 Å². The van der Waals surface area contributed by atoms with Crippen molar-refractivity contribution >= 4 is 18.2 Å². The van der Waals surface area contributed by atoms with Gasteiger partial charge in [-0.1, -0.05) is 0 Å². The summed E-state index contributed by atoms with van der Waals surface area (Å²) in [7, 11) is 0. The highest BCUT2D eigenvalue weighted by Crippen LogP contribution is 2.15. The lowest BCUT2D eigenvalue weighted by molar-refractivity contribution is 0.326. The van der Waals surface area contributed by atoms with Gasteiger partial charge in [0.1, 0.15) is 12.1 Å². The molecule has 0 saturated carbocycles. The van der Waals surface area contributed by atoms with Crippen molar-refractivity contribution in [3.63, 3.8) is 0 Å². The van der Waals surface area contributed by atoms with Gasteiger partial charge in [0.25, 0.3) is 0 Å². The molecule has 0 amide bonds. The van der Waals surface area contributed by atoms with Crippen molar-refractivity contribution in [2.24, 2.45) is 0 Å². The van der Waals surface area contributed by atoms with Crippen LogP contribution in [0.1, 0.15) is 6.92 Å². The number of nitrogens with zero attached hydrogens (tertiary/aromatic N) is 3. The van der Waals surface area contributed by atoms with Gasteiger partial charge in [-0.2, -0.15) is 0 Å². The zero-order chi connectivity index (χ0) is 10.5. The van der Waals surface area contributed by atoms with Gasteiger partial charge in [-0.3, -0.25) is 0 Å². The van der Waals surface area contributed by atoms with Crippen LogP contribution < -0.4 is 15.0 Å². The predicted octanol–water partition coefficient (Wildman–Crippen LogP) is 0.707. The summed E-state index contributed by atoms with van der Waals surface area (Å²) < 4.78 is 5.34. The molecule has 1 aromatic heterocycles. The summed E-state index contributed by atoms with van der Waals surface area (Å²) in [4.78, 5) is 10.5. The zero-order valence-corrected chi connectivity index (χ0v) is 10.2. The predicted molar refractivity (Wildman–Crippen MR) is 65.5 cm³/mol. The maximum Gasteiger partial charge on any atom is 0.218 e. The standard InChI is InChI=1S/C10H16N4O.ClH/c1-2-15-10-7-9(12-8-13-10)14-5-3-11-4-6-14;/h7-8,11H,2-6H2,1H3;1H. The third kappa shape index (κ3) is 3.21. The number of rotatable bonds is 3. The Labute approximate surface area is 102 Å². The molecule has 1 aromatic rings. The summed E-state index contributed by atoms with van der Waals surface area (Å²) in [6, 6.07) is 1.90. The van der Waals surface area contributed by atoms with Crippen molar-refractivity contribution in [3.8, 4) is 5.88 Å². The fraction of sp³-hybridized carbons (Fsp3) is 0.600. The number of anilines is 1. The van der Waals surface area contributed by atoms with Crippen LogP contribution in [0, 0.1) is 0 Å². The monoisotopic (exact) mass is 244 g/mol. The Morgan fingerprint density at radius 1 is 1.38 bits per heavy atom. The lowest BCUT2D eigenvalue weighted by Gasteiger charge is -2.28. The summed E-state index contributed by atoms with van der Waals surface area (Å²) in [6.07, 6.45) is 1.56. The van der Waals surface area contributed by atoms with Gasteiger partial charge in [0.2, 0.25) is 5.88 Å². The fourth-order valence-corrected chi connectivity index (χ4v) is 1.62. The van der Waals surface area contributed by atoms with E-state index in [1.165, 1.54) is 0 Å². The quantitative estimate of drug-likeness (QED) is 0.849. The molecule has 2 rings (SSSR count). The highest BCUT2D eigenvalue weighted by Gasteiger charge is 2.12. The first-order chi connectivity index (χ1) is 7.40. The largest absolute Gasteiger partial charge is 0.478 e. The molecule has 1 aliphatic heterocycles. The normalized spacial score (nSPS) is 15.4. The molecule has 0 atom stereocenters. The van der Waals surface area contributed by atoms with Gasteiger partial charge in [0.15, 0.2) is 0 Å². The molecule has 0 spiro atoms. The summed E-state index contributed by atoms with van der Waals surface area (Å²) in [5, 5.41) is 3.31. The van der Waals surface area contributed by atoms with Gasteiger partial charge in [-0.25, -0.2) is 9.97 Å². The number of nitrogens with one attached hydrogen (secondary N) is 1.